The molecule has 7 rings (SSSR count). The number of ketones is 1. The minimum absolute atomic E-state index is 0.0780. The molecule has 3 aliphatic carbocycles. The molecule has 3 heterocycles. The molecule has 2 unspecified atom stereocenters. The van der Waals surface area contributed by atoms with Gasteiger partial charge in [0.05, 0.1) is 5.56 Å². The van der Waals surface area contributed by atoms with Crippen LogP contribution in [0.3, 0.4) is 0 Å². The van der Waals surface area contributed by atoms with Gasteiger partial charge in [-0.15, -0.1) is 0 Å². The second-order valence-electron chi connectivity index (χ2n) is 12.9. The first kappa shape index (κ1) is 25.5. The topological polar surface area (TPSA) is 117 Å². The predicted octanol–water partition coefficient (Wildman–Crippen LogP) is 4.61. The van der Waals surface area contributed by atoms with E-state index < -0.39 is 5.91 Å². The van der Waals surface area contributed by atoms with Gasteiger partial charge in [0, 0.05) is 53.1 Å². The van der Waals surface area contributed by atoms with E-state index >= 15 is 0 Å². The van der Waals surface area contributed by atoms with Gasteiger partial charge in [0.25, 0.3) is 11.8 Å². The number of hydrogen-bond acceptors (Lipinski definition) is 6. The van der Waals surface area contributed by atoms with Crippen LogP contribution in [-0.2, 0) is 0 Å². The monoisotopic (exact) mass is 541 g/mol. The molecule has 0 radical (unpaired) electrons. The summed E-state index contributed by atoms with van der Waals surface area (Å²) in [5.41, 5.74) is 8.98. The van der Waals surface area contributed by atoms with Gasteiger partial charge >= 0.3 is 0 Å². The van der Waals surface area contributed by atoms with Crippen molar-refractivity contribution in [3.63, 3.8) is 0 Å². The van der Waals surface area contributed by atoms with Crippen molar-refractivity contribution in [2.45, 2.75) is 95.3 Å². The number of fused-ring (bicyclic) bond motifs is 2. The van der Waals surface area contributed by atoms with Crippen LogP contribution >= 0.6 is 0 Å². The van der Waals surface area contributed by atoms with Crippen LogP contribution in [0.5, 0.6) is 0 Å². The Bertz CT molecular complexity index is 1320. The van der Waals surface area contributed by atoms with Gasteiger partial charge in [0.15, 0.2) is 5.78 Å². The summed E-state index contributed by atoms with van der Waals surface area (Å²) in [5.74, 6) is 2.09. The summed E-state index contributed by atoms with van der Waals surface area (Å²) < 4.78 is 0. The molecule has 1 aromatic carbocycles. The number of hydrogen-bond donors (Lipinski definition) is 3. The van der Waals surface area contributed by atoms with Gasteiger partial charge in [-0.1, -0.05) is 0 Å². The SMILES string of the molecule is Cc1cc(C(N)=O)c(NC(C2CC2)C2CC2)cc1C(=O)NC1CC2CCC(C1)N2c1ccc(C(=O)C2CC2)cn1. The third-order valence-corrected chi connectivity index (χ3v) is 9.77. The van der Waals surface area contributed by atoms with Crippen LogP contribution in [0.1, 0.15) is 101 Å². The maximum atomic E-state index is 13.6. The average Bonchev–Trinajstić information content (AvgIpc) is 3.80. The van der Waals surface area contributed by atoms with E-state index in [1.807, 2.05) is 25.1 Å². The third kappa shape index (κ3) is 4.97. The molecule has 2 bridgehead atoms. The Balaban J connectivity index is 1.04. The molecule has 5 aliphatic rings. The number of aromatic nitrogens is 1. The maximum Gasteiger partial charge on any atom is 0.251 e. The first-order valence-electron chi connectivity index (χ1n) is 15.2. The number of nitrogens with zero attached hydrogens (tertiary/aromatic N) is 2. The zero-order chi connectivity index (χ0) is 27.5. The van der Waals surface area contributed by atoms with Crippen molar-refractivity contribution < 1.29 is 14.4 Å². The minimum Gasteiger partial charge on any atom is -0.381 e. The van der Waals surface area contributed by atoms with Crippen LogP contribution in [0, 0.1) is 24.7 Å². The Labute approximate surface area is 235 Å². The van der Waals surface area contributed by atoms with Crippen LogP contribution in [0.25, 0.3) is 0 Å². The first-order chi connectivity index (χ1) is 19.4. The van der Waals surface area contributed by atoms with E-state index in [0.717, 1.165) is 49.9 Å². The van der Waals surface area contributed by atoms with Crippen molar-refractivity contribution in [3.8, 4) is 0 Å². The number of primary amides is 1. The minimum atomic E-state index is -0.467. The third-order valence-electron chi connectivity index (χ3n) is 9.77. The Kier molecular flexibility index (Phi) is 6.32. The molecule has 8 nitrogen and oxygen atoms in total. The molecule has 1 aromatic heterocycles. The molecular formula is C32H39N5O3. The Hall–Kier alpha value is -3.42. The van der Waals surface area contributed by atoms with Crippen LogP contribution in [-0.4, -0.2) is 46.7 Å². The lowest BCUT2D eigenvalue weighted by molar-refractivity contribution is 0.0923. The number of nitrogens with one attached hydrogen (secondary N) is 2. The first-order valence-corrected chi connectivity index (χ1v) is 15.2. The van der Waals surface area contributed by atoms with Gasteiger partial charge in [-0.05, 0) is 113 Å². The second-order valence-corrected chi connectivity index (χ2v) is 12.9. The number of Topliss-reactive ketones (excluding diaryl/α,β-unsaturated/α-hetero) is 1. The molecule has 2 atom stereocenters. The summed E-state index contributed by atoms with van der Waals surface area (Å²) in [6.07, 6.45) is 12.5. The highest BCUT2D eigenvalue weighted by molar-refractivity contribution is 6.03. The molecule has 4 N–H and O–H groups in total. The van der Waals surface area contributed by atoms with Crippen molar-refractivity contribution in [3.05, 3.63) is 52.7 Å². The van der Waals surface area contributed by atoms with Crippen molar-refractivity contribution >= 4 is 29.1 Å². The van der Waals surface area contributed by atoms with E-state index in [-0.39, 0.29) is 23.7 Å². The number of pyridine rings is 1. The number of amides is 2. The molecule has 5 fully saturated rings. The highest BCUT2D eigenvalue weighted by Gasteiger charge is 2.43. The lowest BCUT2D eigenvalue weighted by Crippen LogP contribution is -2.50. The summed E-state index contributed by atoms with van der Waals surface area (Å²) in [4.78, 5) is 45.3. The van der Waals surface area contributed by atoms with Gasteiger partial charge in [0.2, 0.25) is 0 Å². The number of benzene rings is 1. The molecule has 40 heavy (non-hydrogen) atoms. The Morgan fingerprint density at radius 1 is 0.925 bits per heavy atom. The van der Waals surface area contributed by atoms with E-state index in [1.165, 1.54) is 25.7 Å². The molecule has 210 valence electrons. The fraction of sp³-hybridized carbons (Fsp3) is 0.562. The summed E-state index contributed by atoms with van der Waals surface area (Å²) in [7, 11) is 0. The number of piperidine rings is 1. The number of anilines is 2. The lowest BCUT2D eigenvalue weighted by atomic mass is 9.95. The van der Waals surface area contributed by atoms with Gasteiger partial charge in [-0.25, -0.2) is 4.98 Å². The molecule has 3 saturated carbocycles. The maximum absolute atomic E-state index is 13.6. The van der Waals surface area contributed by atoms with Gasteiger partial charge in [0.1, 0.15) is 5.82 Å². The van der Waals surface area contributed by atoms with E-state index in [1.54, 1.807) is 12.3 Å². The number of carbonyl (C=O) groups excluding carboxylic acids is 3. The van der Waals surface area contributed by atoms with Crippen LogP contribution in [0.4, 0.5) is 11.5 Å². The van der Waals surface area contributed by atoms with Crippen LogP contribution < -0.4 is 21.3 Å². The quantitative estimate of drug-likeness (QED) is 0.378. The van der Waals surface area contributed by atoms with E-state index in [9.17, 15) is 14.4 Å². The van der Waals surface area contributed by atoms with Gasteiger partial charge in [-0.2, -0.15) is 0 Å². The molecule has 2 aliphatic heterocycles. The van der Waals surface area contributed by atoms with Gasteiger partial charge < -0.3 is 21.3 Å². The van der Waals surface area contributed by atoms with Crippen LogP contribution in [0.15, 0.2) is 30.5 Å². The Morgan fingerprint density at radius 2 is 1.60 bits per heavy atom. The molecule has 2 aromatic rings. The number of nitrogens with two attached hydrogens (primary N) is 1. The molecule has 2 amide bonds. The van der Waals surface area contributed by atoms with E-state index in [0.29, 0.717) is 52.3 Å². The van der Waals surface area contributed by atoms with Crippen molar-refractivity contribution in [1.29, 1.82) is 0 Å². The smallest absolute Gasteiger partial charge is 0.251 e. The fourth-order valence-corrected chi connectivity index (χ4v) is 7.18. The fourth-order valence-electron chi connectivity index (χ4n) is 7.18. The molecule has 0 spiro atoms. The van der Waals surface area contributed by atoms with Crippen molar-refractivity contribution in [1.82, 2.24) is 10.3 Å². The second kappa shape index (κ2) is 9.89. The summed E-state index contributed by atoms with van der Waals surface area (Å²) in [6, 6.07) is 8.60. The Morgan fingerprint density at radius 3 is 2.15 bits per heavy atom. The van der Waals surface area contributed by atoms with Crippen LogP contribution in [0.2, 0.25) is 0 Å². The molecule has 8 heteroatoms. The zero-order valence-electron chi connectivity index (χ0n) is 23.2. The number of aryl methyl sites for hydroxylation is 1. The van der Waals surface area contributed by atoms with Crippen molar-refractivity contribution in [2.24, 2.45) is 23.5 Å². The van der Waals surface area contributed by atoms with E-state index in [4.69, 9.17) is 5.73 Å². The molecular weight excluding hydrogens is 502 g/mol. The highest BCUT2D eigenvalue weighted by atomic mass is 16.2. The standard InChI is InChI=1S/C32H39N5O3/c1-17-12-26(31(33)39)27(36-29(18-2-3-18)19-4-5-19)15-25(17)32(40)35-22-13-23-9-10-24(14-22)37(23)28-11-8-21(16-34-28)30(38)20-6-7-20/h8,11-12,15-16,18-20,22-24,29,36H,2-7,9-10,13-14H2,1H3,(H2,33,39)(H,35,40). The number of rotatable bonds is 10. The normalized spacial score (nSPS) is 25.6. The number of carbonyl (C=O) groups is 3. The summed E-state index contributed by atoms with van der Waals surface area (Å²) in [5, 5.41) is 6.95. The molecule has 2 saturated heterocycles. The largest absolute Gasteiger partial charge is 0.381 e. The summed E-state index contributed by atoms with van der Waals surface area (Å²) in [6.45, 7) is 1.87. The van der Waals surface area contributed by atoms with E-state index in [2.05, 4.69) is 20.5 Å². The zero-order valence-corrected chi connectivity index (χ0v) is 23.2. The highest BCUT2D eigenvalue weighted by Crippen LogP contribution is 2.46. The average molecular weight is 542 g/mol. The predicted molar refractivity (Wildman–Crippen MR) is 154 cm³/mol. The summed E-state index contributed by atoms with van der Waals surface area (Å²) >= 11 is 0. The van der Waals surface area contributed by atoms with Crippen molar-refractivity contribution in [2.75, 3.05) is 10.2 Å². The van der Waals surface area contributed by atoms with Gasteiger partial charge in [-0.3, -0.25) is 14.4 Å². The lowest BCUT2D eigenvalue weighted by Gasteiger charge is -2.40.